The van der Waals surface area contributed by atoms with Gasteiger partial charge in [0.05, 0.1) is 13.7 Å². The van der Waals surface area contributed by atoms with E-state index in [2.05, 4.69) is 20.0 Å². The van der Waals surface area contributed by atoms with Crippen LogP contribution in [-0.2, 0) is 22.6 Å². The predicted octanol–water partition coefficient (Wildman–Crippen LogP) is 3.52. The van der Waals surface area contributed by atoms with Gasteiger partial charge in [-0.25, -0.2) is 14.2 Å². The zero-order valence-electron chi connectivity index (χ0n) is 19.5. The number of carbonyl (C=O) groups is 1. The van der Waals surface area contributed by atoms with Crippen molar-refractivity contribution >= 4 is 29.2 Å². The Hall–Kier alpha value is -4.44. The highest BCUT2D eigenvalue weighted by molar-refractivity contribution is 6.30. The number of carbonyl (C=O) groups excluding carboxylic acids is 1. The van der Waals surface area contributed by atoms with Crippen molar-refractivity contribution < 1.29 is 14.3 Å². The van der Waals surface area contributed by atoms with Crippen molar-refractivity contribution in [2.75, 3.05) is 12.4 Å². The summed E-state index contributed by atoms with van der Waals surface area (Å²) < 4.78 is 12.4. The van der Waals surface area contributed by atoms with Crippen LogP contribution in [0.5, 0.6) is 11.5 Å². The molecule has 2 aromatic heterocycles. The molecule has 0 radical (unpaired) electrons. The lowest BCUT2D eigenvalue weighted by atomic mass is 10.2. The maximum absolute atomic E-state index is 13.2. The van der Waals surface area contributed by atoms with Crippen LogP contribution in [0.2, 0.25) is 5.02 Å². The average molecular weight is 508 g/mol. The molecular weight excluding hydrogens is 486 g/mol. The lowest BCUT2D eigenvalue weighted by molar-refractivity contribution is -0.141. The van der Waals surface area contributed by atoms with E-state index in [1.165, 1.54) is 11.7 Å². The van der Waals surface area contributed by atoms with Crippen LogP contribution in [0.3, 0.4) is 0 Å². The lowest BCUT2D eigenvalue weighted by Crippen LogP contribution is -2.44. The SMILES string of the molecule is COC(=O)Cn1c(=O)nc(Nc2ccc(Oc3ccnc(C)c3)cc2)n(Cc2ccc(Cl)cc2)c1=O. The molecule has 184 valence electrons. The van der Waals surface area contributed by atoms with Crippen molar-refractivity contribution in [1.82, 2.24) is 19.1 Å². The Balaban J connectivity index is 1.65. The van der Waals surface area contributed by atoms with Gasteiger partial charge < -0.3 is 14.8 Å². The van der Waals surface area contributed by atoms with Crippen LogP contribution in [0.4, 0.5) is 11.6 Å². The molecule has 0 spiro atoms. The number of benzene rings is 2. The van der Waals surface area contributed by atoms with Gasteiger partial charge in [0.1, 0.15) is 18.0 Å². The number of nitrogens with one attached hydrogen (secondary N) is 1. The molecule has 0 unspecified atom stereocenters. The van der Waals surface area contributed by atoms with Gasteiger partial charge in [-0.1, -0.05) is 23.7 Å². The van der Waals surface area contributed by atoms with Gasteiger partial charge in [-0.2, -0.15) is 4.98 Å². The van der Waals surface area contributed by atoms with Crippen LogP contribution in [0.1, 0.15) is 11.3 Å². The fourth-order valence-electron chi connectivity index (χ4n) is 3.32. The molecule has 4 aromatic rings. The summed E-state index contributed by atoms with van der Waals surface area (Å²) in [7, 11) is 1.17. The van der Waals surface area contributed by atoms with Gasteiger partial charge in [-0.15, -0.1) is 0 Å². The van der Waals surface area contributed by atoms with Crippen molar-refractivity contribution in [3.63, 3.8) is 0 Å². The molecule has 0 bridgehead atoms. The van der Waals surface area contributed by atoms with Crippen molar-refractivity contribution in [2.24, 2.45) is 0 Å². The summed E-state index contributed by atoms with van der Waals surface area (Å²) in [5, 5.41) is 3.56. The third-order valence-corrected chi connectivity index (χ3v) is 5.39. The zero-order valence-corrected chi connectivity index (χ0v) is 20.2. The molecule has 0 aliphatic rings. The first-order valence-corrected chi connectivity index (χ1v) is 11.2. The molecule has 36 heavy (non-hydrogen) atoms. The Labute approximate surface area is 210 Å². The first-order valence-electron chi connectivity index (χ1n) is 10.8. The lowest BCUT2D eigenvalue weighted by Gasteiger charge is -2.15. The number of aryl methyl sites for hydroxylation is 1. The third kappa shape index (κ3) is 5.97. The molecule has 0 atom stereocenters. The van der Waals surface area contributed by atoms with Crippen LogP contribution in [0.25, 0.3) is 0 Å². The number of nitrogens with zero attached hydrogens (tertiary/aromatic N) is 4. The number of hydrogen-bond donors (Lipinski definition) is 1. The fraction of sp³-hybridized carbons (Fsp3) is 0.160. The van der Waals surface area contributed by atoms with Crippen LogP contribution in [0, 0.1) is 6.92 Å². The monoisotopic (exact) mass is 507 g/mol. The second kappa shape index (κ2) is 10.9. The topological polar surface area (TPSA) is 117 Å². The highest BCUT2D eigenvalue weighted by atomic mass is 35.5. The predicted molar refractivity (Wildman–Crippen MR) is 134 cm³/mol. The van der Waals surface area contributed by atoms with Crippen molar-refractivity contribution in [3.8, 4) is 11.5 Å². The maximum atomic E-state index is 13.2. The molecule has 10 nitrogen and oxygen atoms in total. The van der Waals surface area contributed by atoms with Gasteiger partial charge in [0.25, 0.3) is 0 Å². The third-order valence-electron chi connectivity index (χ3n) is 5.13. The molecule has 0 aliphatic heterocycles. The van der Waals surface area contributed by atoms with Crippen LogP contribution >= 0.6 is 11.6 Å². The number of ether oxygens (including phenoxy) is 2. The Bertz CT molecular complexity index is 1500. The van der Waals surface area contributed by atoms with E-state index in [0.717, 1.165) is 15.8 Å². The largest absolute Gasteiger partial charge is 0.468 e. The number of halogens is 1. The maximum Gasteiger partial charge on any atom is 0.355 e. The molecule has 0 saturated heterocycles. The summed E-state index contributed by atoms with van der Waals surface area (Å²) in [5.41, 5.74) is 0.540. The van der Waals surface area contributed by atoms with Crippen molar-refractivity contribution in [2.45, 2.75) is 20.0 Å². The Morgan fingerprint density at radius 2 is 1.72 bits per heavy atom. The van der Waals surface area contributed by atoms with E-state index >= 15 is 0 Å². The normalized spacial score (nSPS) is 10.6. The number of esters is 1. The molecule has 2 heterocycles. The van der Waals surface area contributed by atoms with Crippen LogP contribution in [0.15, 0.2) is 76.4 Å². The number of pyridine rings is 1. The minimum atomic E-state index is -0.881. The van der Waals surface area contributed by atoms with Crippen LogP contribution in [-0.4, -0.2) is 32.2 Å². The van der Waals surface area contributed by atoms with Crippen molar-refractivity contribution in [3.05, 3.63) is 104 Å². The molecule has 0 aliphatic carbocycles. The summed E-state index contributed by atoms with van der Waals surface area (Å²) >= 11 is 5.97. The van der Waals surface area contributed by atoms with Gasteiger partial charge in [0.2, 0.25) is 5.95 Å². The van der Waals surface area contributed by atoms with Gasteiger partial charge in [-0.3, -0.25) is 14.3 Å². The molecule has 4 rings (SSSR count). The van der Waals surface area contributed by atoms with Gasteiger partial charge >= 0.3 is 17.3 Å². The zero-order chi connectivity index (χ0) is 25.7. The molecule has 0 fully saturated rings. The smallest absolute Gasteiger partial charge is 0.355 e. The molecule has 0 saturated carbocycles. The Kier molecular flexibility index (Phi) is 7.45. The number of anilines is 2. The number of rotatable bonds is 8. The van der Waals surface area contributed by atoms with Gasteiger partial charge in [-0.05, 0) is 55.0 Å². The summed E-state index contributed by atoms with van der Waals surface area (Å²) in [6, 6.07) is 17.4. The van der Waals surface area contributed by atoms with Crippen LogP contribution < -0.4 is 21.4 Å². The van der Waals surface area contributed by atoms with E-state index in [0.29, 0.717) is 22.2 Å². The van der Waals surface area contributed by atoms with E-state index in [-0.39, 0.29) is 12.5 Å². The summed E-state index contributed by atoms with van der Waals surface area (Å²) in [4.78, 5) is 45.7. The van der Waals surface area contributed by atoms with E-state index in [1.54, 1.807) is 60.8 Å². The fourth-order valence-corrected chi connectivity index (χ4v) is 3.45. The summed E-state index contributed by atoms with van der Waals surface area (Å²) in [5.74, 6) is 0.510. The quantitative estimate of drug-likeness (QED) is 0.360. The molecule has 0 amide bonds. The van der Waals surface area contributed by atoms with E-state index < -0.39 is 23.9 Å². The molecular formula is C25H22ClN5O5. The number of aromatic nitrogens is 4. The van der Waals surface area contributed by atoms with E-state index in [9.17, 15) is 14.4 Å². The minimum Gasteiger partial charge on any atom is -0.468 e. The summed E-state index contributed by atoms with van der Waals surface area (Å²) in [6.07, 6.45) is 1.66. The Morgan fingerprint density at radius 1 is 1.00 bits per heavy atom. The first-order chi connectivity index (χ1) is 17.3. The molecule has 11 heteroatoms. The molecule has 2 aromatic carbocycles. The highest BCUT2D eigenvalue weighted by Gasteiger charge is 2.16. The second-order valence-electron chi connectivity index (χ2n) is 7.76. The average Bonchev–Trinajstić information content (AvgIpc) is 2.86. The molecule has 1 N–H and O–H groups in total. The summed E-state index contributed by atoms with van der Waals surface area (Å²) in [6.45, 7) is 1.40. The van der Waals surface area contributed by atoms with Gasteiger partial charge in [0.15, 0.2) is 0 Å². The minimum absolute atomic E-state index is 0.0134. The number of methoxy groups -OCH3 is 1. The first kappa shape index (κ1) is 24.7. The number of hydrogen-bond acceptors (Lipinski definition) is 8. The van der Waals surface area contributed by atoms with Crippen molar-refractivity contribution in [1.29, 1.82) is 0 Å². The van der Waals surface area contributed by atoms with Gasteiger partial charge in [0, 0.05) is 28.7 Å². The van der Waals surface area contributed by atoms with E-state index in [4.69, 9.17) is 16.3 Å². The highest BCUT2D eigenvalue weighted by Crippen LogP contribution is 2.24. The van der Waals surface area contributed by atoms with E-state index in [1.807, 2.05) is 13.0 Å². The Morgan fingerprint density at radius 3 is 2.39 bits per heavy atom. The second-order valence-corrected chi connectivity index (χ2v) is 8.20. The standard InChI is InChI=1S/C25H22ClN5O5/c1-16-13-21(11-12-27-16)36-20-9-7-19(8-10-20)28-23-29-24(33)31(15-22(32)35-2)25(34)30(23)14-17-3-5-18(26)6-4-17/h3-13H,14-15H2,1-2H3,(H,28,29,33).